The first-order chi connectivity index (χ1) is 7.16. The third-order valence-electron chi connectivity index (χ3n) is 3.11. The average Bonchev–Trinajstić information content (AvgIpc) is 2.67. The van der Waals surface area contributed by atoms with Gasteiger partial charge in [-0.2, -0.15) is 0 Å². The number of likely N-dealkylation sites (N-methyl/N-ethyl adjacent to an activating group) is 1. The van der Waals surface area contributed by atoms with E-state index in [1.807, 2.05) is 0 Å². The van der Waals surface area contributed by atoms with Crippen LogP contribution in [0.2, 0.25) is 0 Å². The van der Waals surface area contributed by atoms with Crippen LogP contribution < -0.4 is 5.32 Å². The summed E-state index contributed by atoms with van der Waals surface area (Å²) in [5, 5.41) is 12.2. The zero-order valence-electron chi connectivity index (χ0n) is 9.75. The first kappa shape index (κ1) is 12.5. The van der Waals surface area contributed by atoms with Gasteiger partial charge in [-0.1, -0.05) is 13.3 Å². The van der Waals surface area contributed by atoms with Gasteiger partial charge in [-0.3, -0.25) is 4.79 Å². The van der Waals surface area contributed by atoms with Crippen LogP contribution in [0.15, 0.2) is 0 Å². The minimum atomic E-state index is -0.349. The molecule has 4 nitrogen and oxygen atoms in total. The molecule has 1 atom stereocenters. The second kappa shape index (κ2) is 5.47. The summed E-state index contributed by atoms with van der Waals surface area (Å²) in [5.74, 6) is 0.135. The largest absolute Gasteiger partial charge is 0.395 e. The molecule has 1 amide bonds. The number of aliphatic hydroxyl groups excluding tert-OH is 1. The number of hydrogen-bond acceptors (Lipinski definition) is 3. The van der Waals surface area contributed by atoms with E-state index < -0.39 is 0 Å². The number of aliphatic hydroxyl groups is 1. The van der Waals surface area contributed by atoms with Crippen LogP contribution in [-0.4, -0.2) is 48.2 Å². The zero-order valence-corrected chi connectivity index (χ0v) is 9.75. The smallest absolute Gasteiger partial charge is 0.242 e. The summed E-state index contributed by atoms with van der Waals surface area (Å²) in [6.45, 7) is 3.48. The SMILES string of the molecule is CCCC1(C(=O)N(C)CCO)CCCN1. The van der Waals surface area contributed by atoms with Crippen molar-refractivity contribution in [2.75, 3.05) is 26.7 Å². The maximum atomic E-state index is 12.2. The van der Waals surface area contributed by atoms with Crippen molar-refractivity contribution in [3.63, 3.8) is 0 Å². The minimum Gasteiger partial charge on any atom is -0.395 e. The van der Waals surface area contributed by atoms with Gasteiger partial charge in [0.25, 0.3) is 0 Å². The second-order valence-corrected chi connectivity index (χ2v) is 4.31. The molecule has 0 aromatic rings. The number of nitrogens with one attached hydrogen (secondary N) is 1. The van der Waals surface area contributed by atoms with Gasteiger partial charge < -0.3 is 15.3 Å². The maximum absolute atomic E-state index is 12.2. The fourth-order valence-electron chi connectivity index (χ4n) is 2.35. The summed E-state index contributed by atoms with van der Waals surface area (Å²) in [4.78, 5) is 13.8. The number of nitrogens with zero attached hydrogens (tertiary/aromatic N) is 1. The lowest BCUT2D eigenvalue weighted by Crippen LogP contribution is -2.54. The number of hydrogen-bond donors (Lipinski definition) is 2. The van der Waals surface area contributed by atoms with Crippen molar-refractivity contribution >= 4 is 5.91 Å². The molecule has 1 heterocycles. The molecule has 1 rings (SSSR count). The van der Waals surface area contributed by atoms with Crippen molar-refractivity contribution in [1.82, 2.24) is 10.2 Å². The van der Waals surface area contributed by atoms with Crippen LogP contribution in [0.4, 0.5) is 0 Å². The number of carbonyl (C=O) groups is 1. The average molecular weight is 214 g/mol. The van der Waals surface area contributed by atoms with Gasteiger partial charge in [0.1, 0.15) is 0 Å². The van der Waals surface area contributed by atoms with E-state index in [1.54, 1.807) is 11.9 Å². The standard InChI is InChI=1S/C11H22N2O2/c1-3-5-11(6-4-7-12-11)10(15)13(2)8-9-14/h12,14H,3-9H2,1-2H3. The van der Waals surface area contributed by atoms with Crippen molar-refractivity contribution in [3.8, 4) is 0 Å². The molecular formula is C11H22N2O2. The Morgan fingerprint density at radius 2 is 2.33 bits per heavy atom. The van der Waals surface area contributed by atoms with Crippen molar-refractivity contribution in [2.24, 2.45) is 0 Å². The fraction of sp³-hybridized carbons (Fsp3) is 0.909. The number of carbonyl (C=O) groups excluding carboxylic acids is 1. The van der Waals surface area contributed by atoms with Crippen LogP contribution in [0, 0.1) is 0 Å². The summed E-state index contributed by atoms with van der Waals surface area (Å²) in [6.07, 6.45) is 3.89. The van der Waals surface area contributed by atoms with Crippen LogP contribution >= 0.6 is 0 Å². The monoisotopic (exact) mass is 214 g/mol. The van der Waals surface area contributed by atoms with Crippen LogP contribution in [-0.2, 0) is 4.79 Å². The molecule has 0 aliphatic carbocycles. The summed E-state index contributed by atoms with van der Waals surface area (Å²) in [5.41, 5.74) is -0.349. The Bertz CT molecular complexity index is 213. The molecule has 0 saturated carbocycles. The molecule has 4 heteroatoms. The van der Waals surface area contributed by atoms with Crippen molar-refractivity contribution in [3.05, 3.63) is 0 Å². The summed E-state index contributed by atoms with van der Waals surface area (Å²) < 4.78 is 0. The summed E-state index contributed by atoms with van der Waals surface area (Å²) in [7, 11) is 1.76. The minimum absolute atomic E-state index is 0.0322. The Hall–Kier alpha value is -0.610. The van der Waals surface area contributed by atoms with Crippen LogP contribution in [0.3, 0.4) is 0 Å². The molecule has 15 heavy (non-hydrogen) atoms. The highest BCUT2D eigenvalue weighted by molar-refractivity contribution is 5.86. The van der Waals surface area contributed by atoms with Crippen molar-refractivity contribution in [1.29, 1.82) is 0 Å². The lowest BCUT2D eigenvalue weighted by Gasteiger charge is -2.32. The number of amides is 1. The van der Waals surface area contributed by atoms with Crippen LogP contribution in [0.1, 0.15) is 32.6 Å². The van der Waals surface area contributed by atoms with E-state index in [0.717, 1.165) is 32.2 Å². The maximum Gasteiger partial charge on any atom is 0.242 e. The highest BCUT2D eigenvalue weighted by Gasteiger charge is 2.41. The van der Waals surface area contributed by atoms with E-state index in [-0.39, 0.29) is 18.1 Å². The predicted octanol–water partition coefficient (Wildman–Crippen LogP) is 0.359. The molecule has 1 unspecified atom stereocenters. The quantitative estimate of drug-likeness (QED) is 0.695. The second-order valence-electron chi connectivity index (χ2n) is 4.31. The van der Waals surface area contributed by atoms with Gasteiger partial charge in [0, 0.05) is 13.6 Å². The van der Waals surface area contributed by atoms with E-state index in [0.29, 0.717) is 6.54 Å². The molecule has 0 bridgehead atoms. The first-order valence-electron chi connectivity index (χ1n) is 5.78. The van der Waals surface area contributed by atoms with Crippen LogP contribution in [0.25, 0.3) is 0 Å². The third kappa shape index (κ3) is 2.69. The highest BCUT2D eigenvalue weighted by atomic mass is 16.3. The molecule has 0 radical (unpaired) electrons. The third-order valence-corrected chi connectivity index (χ3v) is 3.11. The van der Waals surface area contributed by atoms with Gasteiger partial charge in [-0.25, -0.2) is 0 Å². The normalized spacial score (nSPS) is 25.5. The van der Waals surface area contributed by atoms with E-state index >= 15 is 0 Å². The van der Waals surface area contributed by atoms with Gasteiger partial charge in [-0.15, -0.1) is 0 Å². The lowest BCUT2D eigenvalue weighted by molar-refractivity contribution is -0.137. The van der Waals surface area contributed by atoms with E-state index in [9.17, 15) is 4.79 Å². The predicted molar refractivity (Wildman–Crippen MR) is 59.6 cm³/mol. The molecule has 2 N–H and O–H groups in total. The van der Waals surface area contributed by atoms with E-state index in [1.165, 1.54) is 0 Å². The van der Waals surface area contributed by atoms with Gasteiger partial charge in [0.05, 0.1) is 12.1 Å². The van der Waals surface area contributed by atoms with Gasteiger partial charge >= 0.3 is 0 Å². The topological polar surface area (TPSA) is 52.6 Å². The Labute approximate surface area is 91.6 Å². The molecule has 88 valence electrons. The number of rotatable bonds is 5. The highest BCUT2D eigenvalue weighted by Crippen LogP contribution is 2.26. The van der Waals surface area contributed by atoms with Gasteiger partial charge in [0.2, 0.25) is 5.91 Å². The molecular weight excluding hydrogens is 192 g/mol. The van der Waals surface area contributed by atoms with Crippen molar-refractivity contribution in [2.45, 2.75) is 38.1 Å². The molecule has 1 aliphatic heterocycles. The van der Waals surface area contributed by atoms with E-state index in [4.69, 9.17) is 5.11 Å². The first-order valence-corrected chi connectivity index (χ1v) is 5.78. The molecule has 1 fully saturated rings. The molecule has 0 aromatic carbocycles. The molecule has 0 spiro atoms. The lowest BCUT2D eigenvalue weighted by atomic mass is 9.90. The van der Waals surface area contributed by atoms with Crippen molar-refractivity contribution < 1.29 is 9.90 Å². The molecule has 0 aromatic heterocycles. The molecule has 1 aliphatic rings. The van der Waals surface area contributed by atoms with Gasteiger partial charge in [-0.05, 0) is 25.8 Å². The summed E-state index contributed by atoms with van der Waals surface area (Å²) in [6, 6.07) is 0. The van der Waals surface area contributed by atoms with E-state index in [2.05, 4.69) is 12.2 Å². The Balaban J connectivity index is 2.66. The zero-order chi connectivity index (χ0) is 11.3. The van der Waals surface area contributed by atoms with Gasteiger partial charge in [0.15, 0.2) is 0 Å². The Kier molecular flexibility index (Phi) is 4.54. The summed E-state index contributed by atoms with van der Waals surface area (Å²) >= 11 is 0. The Morgan fingerprint density at radius 3 is 2.80 bits per heavy atom. The van der Waals surface area contributed by atoms with Crippen LogP contribution in [0.5, 0.6) is 0 Å². The fourth-order valence-corrected chi connectivity index (χ4v) is 2.35. The molecule has 1 saturated heterocycles. The Morgan fingerprint density at radius 1 is 1.60 bits per heavy atom.